The van der Waals surface area contributed by atoms with E-state index in [0.29, 0.717) is 5.56 Å². The van der Waals surface area contributed by atoms with Gasteiger partial charge in [0.15, 0.2) is 0 Å². The Morgan fingerprint density at radius 2 is 1.42 bits per heavy atom. The zero-order valence-corrected chi connectivity index (χ0v) is 14.6. The second kappa shape index (κ2) is 6.36. The molecule has 0 fully saturated rings. The number of hydrogen-bond donors (Lipinski definition) is 1. The van der Waals surface area contributed by atoms with Gasteiger partial charge in [-0.15, -0.1) is 0 Å². The minimum atomic E-state index is -0.0919. The van der Waals surface area contributed by atoms with Crippen LogP contribution in [0.25, 0.3) is 5.69 Å². The average molecular weight is 318 g/mol. The molecule has 0 saturated heterocycles. The van der Waals surface area contributed by atoms with Gasteiger partial charge >= 0.3 is 0 Å². The first-order valence-electron chi connectivity index (χ1n) is 8.10. The van der Waals surface area contributed by atoms with E-state index in [-0.39, 0.29) is 5.91 Å². The number of carbonyl (C=O) groups excluding carboxylic acids is 1. The molecule has 1 N–H and O–H groups in total. The molecular weight excluding hydrogens is 296 g/mol. The maximum absolute atomic E-state index is 12.4. The van der Waals surface area contributed by atoms with Gasteiger partial charge in [0, 0.05) is 28.3 Å². The molecule has 0 bridgehead atoms. The molecule has 122 valence electrons. The van der Waals surface area contributed by atoms with Gasteiger partial charge in [-0.05, 0) is 87.4 Å². The van der Waals surface area contributed by atoms with Crippen LogP contribution >= 0.6 is 0 Å². The third kappa shape index (κ3) is 3.11. The Balaban J connectivity index is 1.80. The van der Waals surface area contributed by atoms with E-state index in [1.165, 1.54) is 22.5 Å². The first-order chi connectivity index (χ1) is 11.5. The molecule has 0 aliphatic rings. The molecule has 24 heavy (non-hydrogen) atoms. The van der Waals surface area contributed by atoms with Crippen LogP contribution < -0.4 is 5.32 Å². The number of anilines is 1. The van der Waals surface area contributed by atoms with Crippen molar-refractivity contribution in [1.29, 1.82) is 0 Å². The number of aryl methyl sites for hydroxylation is 4. The first-order valence-corrected chi connectivity index (χ1v) is 8.10. The summed E-state index contributed by atoms with van der Waals surface area (Å²) in [6.07, 6.45) is 0. The molecule has 0 atom stereocenters. The predicted molar refractivity (Wildman–Crippen MR) is 99.1 cm³/mol. The van der Waals surface area contributed by atoms with Gasteiger partial charge in [-0.2, -0.15) is 0 Å². The second-order valence-corrected chi connectivity index (χ2v) is 6.25. The number of hydrogen-bond acceptors (Lipinski definition) is 1. The monoisotopic (exact) mass is 318 g/mol. The smallest absolute Gasteiger partial charge is 0.255 e. The van der Waals surface area contributed by atoms with Crippen molar-refractivity contribution in [2.24, 2.45) is 0 Å². The summed E-state index contributed by atoms with van der Waals surface area (Å²) >= 11 is 0. The molecule has 3 rings (SSSR count). The highest BCUT2D eigenvalue weighted by atomic mass is 16.1. The molecule has 0 saturated carbocycles. The molecule has 1 aromatic heterocycles. The van der Waals surface area contributed by atoms with Crippen molar-refractivity contribution < 1.29 is 4.79 Å². The van der Waals surface area contributed by atoms with Crippen molar-refractivity contribution in [3.63, 3.8) is 0 Å². The summed E-state index contributed by atoms with van der Waals surface area (Å²) in [5.41, 5.74) is 7.29. The minimum Gasteiger partial charge on any atom is -0.322 e. The topological polar surface area (TPSA) is 34.0 Å². The quantitative estimate of drug-likeness (QED) is 0.727. The van der Waals surface area contributed by atoms with Crippen LogP contribution in [0, 0.1) is 27.7 Å². The highest BCUT2D eigenvalue weighted by Crippen LogP contribution is 2.18. The molecule has 3 nitrogen and oxygen atoms in total. The SMILES string of the molecule is Cc1ccc(NC(=O)c2ccc(-n3c(C)ccc3C)cc2)cc1C. The van der Waals surface area contributed by atoms with Crippen LogP contribution in [0.15, 0.2) is 54.6 Å². The molecule has 2 aromatic carbocycles. The van der Waals surface area contributed by atoms with Crippen LogP contribution in [-0.4, -0.2) is 10.5 Å². The van der Waals surface area contributed by atoms with Crippen LogP contribution in [-0.2, 0) is 0 Å². The third-order valence-electron chi connectivity index (χ3n) is 4.42. The van der Waals surface area contributed by atoms with Crippen LogP contribution in [0.1, 0.15) is 32.9 Å². The highest BCUT2D eigenvalue weighted by Gasteiger charge is 2.08. The molecule has 0 aliphatic heterocycles. The fraction of sp³-hybridized carbons (Fsp3) is 0.190. The van der Waals surface area contributed by atoms with Crippen LogP contribution in [0.5, 0.6) is 0 Å². The Kier molecular flexibility index (Phi) is 4.26. The Morgan fingerprint density at radius 3 is 2.00 bits per heavy atom. The molecule has 3 heteroatoms. The van der Waals surface area contributed by atoms with Gasteiger partial charge in [0.25, 0.3) is 5.91 Å². The average Bonchev–Trinajstić information content (AvgIpc) is 2.90. The summed E-state index contributed by atoms with van der Waals surface area (Å²) in [5, 5.41) is 2.96. The van der Waals surface area contributed by atoms with Gasteiger partial charge in [-0.25, -0.2) is 0 Å². The lowest BCUT2D eigenvalue weighted by Gasteiger charge is -2.11. The highest BCUT2D eigenvalue weighted by molar-refractivity contribution is 6.04. The molecule has 1 amide bonds. The van der Waals surface area contributed by atoms with Crippen LogP contribution in [0.4, 0.5) is 5.69 Å². The summed E-state index contributed by atoms with van der Waals surface area (Å²) in [5.74, 6) is -0.0919. The van der Waals surface area contributed by atoms with Crippen molar-refractivity contribution in [3.05, 3.63) is 82.7 Å². The predicted octanol–water partition coefficient (Wildman–Crippen LogP) is 4.96. The fourth-order valence-corrected chi connectivity index (χ4v) is 2.86. The molecular formula is C21H22N2O. The van der Waals surface area contributed by atoms with Crippen molar-refractivity contribution >= 4 is 11.6 Å². The van der Waals surface area contributed by atoms with E-state index in [2.05, 4.69) is 42.8 Å². The van der Waals surface area contributed by atoms with Crippen LogP contribution in [0.2, 0.25) is 0 Å². The molecule has 0 unspecified atom stereocenters. The lowest BCUT2D eigenvalue weighted by Crippen LogP contribution is -2.12. The summed E-state index contributed by atoms with van der Waals surface area (Å²) in [4.78, 5) is 12.4. The summed E-state index contributed by atoms with van der Waals surface area (Å²) in [6.45, 7) is 8.26. The maximum Gasteiger partial charge on any atom is 0.255 e. The normalized spacial score (nSPS) is 10.7. The number of rotatable bonds is 3. The summed E-state index contributed by atoms with van der Waals surface area (Å²) in [7, 11) is 0. The standard InChI is InChI=1S/C21H22N2O/c1-14-5-10-19(13-15(14)2)22-21(24)18-8-11-20(12-9-18)23-16(3)6-7-17(23)4/h5-13H,1-4H3,(H,22,24). The number of nitrogens with one attached hydrogen (secondary N) is 1. The number of nitrogens with zero attached hydrogens (tertiary/aromatic N) is 1. The number of amides is 1. The van der Waals surface area contributed by atoms with Gasteiger partial charge in [0.1, 0.15) is 0 Å². The van der Waals surface area contributed by atoms with E-state index >= 15 is 0 Å². The molecule has 3 aromatic rings. The Morgan fingerprint density at radius 1 is 0.792 bits per heavy atom. The largest absolute Gasteiger partial charge is 0.322 e. The third-order valence-corrected chi connectivity index (χ3v) is 4.42. The van der Waals surface area contributed by atoms with Crippen molar-refractivity contribution in [2.45, 2.75) is 27.7 Å². The van der Waals surface area contributed by atoms with Crippen LogP contribution in [0.3, 0.4) is 0 Å². The minimum absolute atomic E-state index is 0.0919. The number of carbonyl (C=O) groups is 1. The van der Waals surface area contributed by atoms with E-state index < -0.39 is 0 Å². The van der Waals surface area contributed by atoms with E-state index in [4.69, 9.17) is 0 Å². The van der Waals surface area contributed by atoms with Crippen molar-refractivity contribution in [1.82, 2.24) is 4.57 Å². The van der Waals surface area contributed by atoms with Gasteiger partial charge in [-0.3, -0.25) is 4.79 Å². The van der Waals surface area contributed by atoms with Gasteiger partial charge in [-0.1, -0.05) is 6.07 Å². The molecule has 0 spiro atoms. The second-order valence-electron chi connectivity index (χ2n) is 6.25. The van der Waals surface area contributed by atoms with E-state index in [0.717, 1.165) is 11.4 Å². The van der Waals surface area contributed by atoms with E-state index in [1.54, 1.807) is 0 Å². The summed E-state index contributed by atoms with van der Waals surface area (Å²) < 4.78 is 2.17. The van der Waals surface area contributed by atoms with Gasteiger partial charge in [0.05, 0.1) is 0 Å². The van der Waals surface area contributed by atoms with Gasteiger partial charge < -0.3 is 9.88 Å². The number of benzene rings is 2. The molecule has 1 heterocycles. The number of aromatic nitrogens is 1. The lowest BCUT2D eigenvalue weighted by atomic mass is 10.1. The molecule has 0 radical (unpaired) electrons. The Labute approximate surface area is 143 Å². The van der Waals surface area contributed by atoms with E-state index in [9.17, 15) is 4.79 Å². The zero-order chi connectivity index (χ0) is 17.3. The fourth-order valence-electron chi connectivity index (χ4n) is 2.86. The first kappa shape index (κ1) is 16.1. The van der Waals surface area contributed by atoms with Crippen molar-refractivity contribution in [3.8, 4) is 5.69 Å². The van der Waals surface area contributed by atoms with Crippen molar-refractivity contribution in [2.75, 3.05) is 5.32 Å². The zero-order valence-electron chi connectivity index (χ0n) is 14.6. The maximum atomic E-state index is 12.4. The van der Waals surface area contributed by atoms with Gasteiger partial charge in [0.2, 0.25) is 0 Å². The Bertz CT molecular complexity index is 869. The lowest BCUT2D eigenvalue weighted by molar-refractivity contribution is 0.102. The molecule has 0 aliphatic carbocycles. The summed E-state index contributed by atoms with van der Waals surface area (Å²) in [6, 6.07) is 17.8. The Hall–Kier alpha value is -2.81. The van der Waals surface area contributed by atoms with E-state index in [1.807, 2.05) is 49.4 Å².